The van der Waals surface area contributed by atoms with Crippen molar-refractivity contribution >= 4 is 5.96 Å². The van der Waals surface area contributed by atoms with E-state index in [9.17, 15) is 0 Å². The van der Waals surface area contributed by atoms with Gasteiger partial charge in [-0.05, 0) is 25.3 Å². The molecule has 1 aliphatic rings. The molecule has 0 aromatic rings. The van der Waals surface area contributed by atoms with Crippen LogP contribution in [0.15, 0.2) is 4.99 Å². The number of likely N-dealkylation sites (N-methyl/N-ethyl adjacent to an activating group) is 1. The Labute approximate surface area is 156 Å². The van der Waals surface area contributed by atoms with E-state index >= 15 is 0 Å². The Balaban J connectivity index is 2.32. The predicted molar refractivity (Wildman–Crippen MR) is 110 cm³/mol. The highest BCUT2D eigenvalue weighted by atomic mass is 15.3. The Bertz CT molecular complexity index is 359. The molecule has 0 radical (unpaired) electrons. The molecule has 2 N–H and O–H groups in total. The molecule has 0 unspecified atom stereocenters. The number of piperazine rings is 1. The molecule has 1 saturated heterocycles. The van der Waals surface area contributed by atoms with Gasteiger partial charge in [0, 0.05) is 52.4 Å². The molecule has 5 nitrogen and oxygen atoms in total. The van der Waals surface area contributed by atoms with Gasteiger partial charge in [-0.1, -0.05) is 47.0 Å². The van der Waals surface area contributed by atoms with Crippen molar-refractivity contribution in [2.75, 3.05) is 58.9 Å². The zero-order valence-electron chi connectivity index (χ0n) is 17.5. The summed E-state index contributed by atoms with van der Waals surface area (Å²) in [4.78, 5) is 9.92. The third-order valence-electron chi connectivity index (χ3n) is 5.10. The third-order valence-corrected chi connectivity index (χ3v) is 5.10. The lowest BCUT2D eigenvalue weighted by atomic mass is 9.87. The van der Waals surface area contributed by atoms with Gasteiger partial charge in [-0.2, -0.15) is 0 Å². The molecule has 0 spiro atoms. The molecule has 25 heavy (non-hydrogen) atoms. The molecule has 1 rings (SSSR count). The SMILES string of the molecule is CCCCCC(C)(C)CN=C(NCC)NCCN1CCN(CC)CC1. The van der Waals surface area contributed by atoms with E-state index < -0.39 is 0 Å². The van der Waals surface area contributed by atoms with Gasteiger partial charge in [0.2, 0.25) is 0 Å². The molecule has 1 heterocycles. The van der Waals surface area contributed by atoms with Gasteiger partial charge in [0.05, 0.1) is 0 Å². The second kappa shape index (κ2) is 12.5. The number of aliphatic imine (C=N–C) groups is 1. The van der Waals surface area contributed by atoms with E-state index in [-0.39, 0.29) is 5.41 Å². The maximum atomic E-state index is 4.84. The first-order chi connectivity index (χ1) is 12.0. The minimum atomic E-state index is 0.286. The monoisotopic (exact) mass is 353 g/mol. The van der Waals surface area contributed by atoms with Crippen LogP contribution < -0.4 is 10.6 Å². The van der Waals surface area contributed by atoms with E-state index in [1.165, 1.54) is 58.4 Å². The van der Waals surface area contributed by atoms with Gasteiger partial charge in [0.15, 0.2) is 5.96 Å². The Morgan fingerprint density at radius 1 is 0.960 bits per heavy atom. The fourth-order valence-electron chi connectivity index (χ4n) is 3.23. The lowest BCUT2D eigenvalue weighted by Gasteiger charge is -2.34. The minimum Gasteiger partial charge on any atom is -0.357 e. The van der Waals surface area contributed by atoms with E-state index in [2.05, 4.69) is 55.1 Å². The van der Waals surface area contributed by atoms with Crippen LogP contribution in [0.25, 0.3) is 0 Å². The first kappa shape index (κ1) is 22.2. The summed E-state index contributed by atoms with van der Waals surface area (Å²) in [6.45, 7) is 21.2. The first-order valence-corrected chi connectivity index (χ1v) is 10.5. The zero-order valence-corrected chi connectivity index (χ0v) is 17.5. The summed E-state index contributed by atoms with van der Waals surface area (Å²) in [6.07, 6.45) is 5.19. The highest BCUT2D eigenvalue weighted by molar-refractivity contribution is 5.79. The molecule has 148 valence electrons. The van der Waals surface area contributed by atoms with Crippen LogP contribution in [0, 0.1) is 5.41 Å². The Kier molecular flexibility index (Phi) is 11.1. The van der Waals surface area contributed by atoms with Crippen LogP contribution in [0.1, 0.15) is 60.3 Å². The van der Waals surface area contributed by atoms with Gasteiger partial charge in [0.25, 0.3) is 0 Å². The van der Waals surface area contributed by atoms with E-state index in [1.54, 1.807) is 0 Å². The molecule has 0 amide bonds. The molecule has 1 fully saturated rings. The van der Waals surface area contributed by atoms with E-state index in [4.69, 9.17) is 4.99 Å². The van der Waals surface area contributed by atoms with Crippen molar-refractivity contribution < 1.29 is 0 Å². The number of hydrogen-bond donors (Lipinski definition) is 2. The normalized spacial score (nSPS) is 17.7. The van der Waals surface area contributed by atoms with Crippen molar-refractivity contribution in [3.63, 3.8) is 0 Å². The summed E-state index contributed by atoms with van der Waals surface area (Å²) in [5.41, 5.74) is 0.286. The number of rotatable bonds is 11. The van der Waals surface area contributed by atoms with Crippen LogP contribution in [0.2, 0.25) is 0 Å². The molecule has 5 heteroatoms. The maximum Gasteiger partial charge on any atom is 0.191 e. The van der Waals surface area contributed by atoms with Crippen LogP contribution in [0.3, 0.4) is 0 Å². The van der Waals surface area contributed by atoms with Crippen molar-refractivity contribution in [3.05, 3.63) is 0 Å². The van der Waals surface area contributed by atoms with Crippen molar-refractivity contribution in [3.8, 4) is 0 Å². The zero-order chi connectivity index (χ0) is 18.5. The quantitative estimate of drug-likeness (QED) is 0.340. The van der Waals surface area contributed by atoms with Gasteiger partial charge < -0.3 is 15.5 Å². The van der Waals surface area contributed by atoms with Crippen LogP contribution in [0.5, 0.6) is 0 Å². The van der Waals surface area contributed by atoms with Gasteiger partial charge in [0.1, 0.15) is 0 Å². The lowest BCUT2D eigenvalue weighted by molar-refractivity contribution is 0.139. The molecular formula is C20H43N5. The predicted octanol–water partition coefficient (Wildman–Crippen LogP) is 2.79. The summed E-state index contributed by atoms with van der Waals surface area (Å²) in [7, 11) is 0. The fraction of sp³-hybridized carbons (Fsp3) is 0.950. The summed E-state index contributed by atoms with van der Waals surface area (Å²) in [5.74, 6) is 0.971. The van der Waals surface area contributed by atoms with E-state index in [0.717, 1.165) is 32.1 Å². The summed E-state index contributed by atoms with van der Waals surface area (Å²) in [5, 5.41) is 6.91. The van der Waals surface area contributed by atoms with Gasteiger partial charge in [-0.25, -0.2) is 0 Å². The Morgan fingerprint density at radius 2 is 1.64 bits per heavy atom. The second-order valence-electron chi connectivity index (χ2n) is 8.02. The number of guanidine groups is 1. The molecule has 0 aromatic heterocycles. The van der Waals surface area contributed by atoms with Crippen LogP contribution >= 0.6 is 0 Å². The van der Waals surface area contributed by atoms with Crippen molar-refractivity contribution in [1.82, 2.24) is 20.4 Å². The lowest BCUT2D eigenvalue weighted by Crippen LogP contribution is -2.49. The van der Waals surface area contributed by atoms with E-state index in [0.29, 0.717) is 0 Å². The fourth-order valence-corrected chi connectivity index (χ4v) is 3.23. The van der Waals surface area contributed by atoms with Crippen LogP contribution in [0.4, 0.5) is 0 Å². The molecule has 0 aromatic carbocycles. The first-order valence-electron chi connectivity index (χ1n) is 10.5. The van der Waals surface area contributed by atoms with Crippen LogP contribution in [-0.2, 0) is 0 Å². The number of unbranched alkanes of at least 4 members (excludes halogenated alkanes) is 2. The maximum absolute atomic E-state index is 4.84. The summed E-state index contributed by atoms with van der Waals surface area (Å²) in [6, 6.07) is 0. The van der Waals surface area contributed by atoms with Crippen molar-refractivity contribution in [2.24, 2.45) is 10.4 Å². The van der Waals surface area contributed by atoms with Gasteiger partial charge in [-0.3, -0.25) is 9.89 Å². The summed E-state index contributed by atoms with van der Waals surface area (Å²) < 4.78 is 0. The number of hydrogen-bond acceptors (Lipinski definition) is 3. The average Bonchev–Trinajstić information content (AvgIpc) is 2.60. The Morgan fingerprint density at radius 3 is 2.24 bits per heavy atom. The molecule has 1 aliphatic heterocycles. The van der Waals surface area contributed by atoms with Crippen molar-refractivity contribution in [1.29, 1.82) is 0 Å². The molecular weight excluding hydrogens is 310 g/mol. The second-order valence-corrected chi connectivity index (χ2v) is 8.02. The van der Waals surface area contributed by atoms with Gasteiger partial charge >= 0.3 is 0 Å². The summed E-state index contributed by atoms with van der Waals surface area (Å²) >= 11 is 0. The van der Waals surface area contributed by atoms with Crippen molar-refractivity contribution in [2.45, 2.75) is 60.3 Å². The molecule has 0 atom stereocenters. The van der Waals surface area contributed by atoms with Gasteiger partial charge in [-0.15, -0.1) is 0 Å². The topological polar surface area (TPSA) is 42.9 Å². The Hall–Kier alpha value is -0.810. The highest BCUT2D eigenvalue weighted by Crippen LogP contribution is 2.23. The average molecular weight is 354 g/mol. The number of nitrogens with one attached hydrogen (secondary N) is 2. The minimum absolute atomic E-state index is 0.286. The van der Waals surface area contributed by atoms with Crippen LogP contribution in [-0.4, -0.2) is 74.7 Å². The standard InChI is InChI=1S/C20H43N5/c1-6-9-10-11-20(4,5)18-23-19(21-7-2)22-12-13-25-16-14-24(8-3)15-17-25/h6-18H2,1-5H3,(H2,21,22,23). The molecule has 0 aliphatic carbocycles. The number of nitrogens with zero attached hydrogens (tertiary/aromatic N) is 3. The molecule has 0 bridgehead atoms. The third kappa shape index (κ3) is 10.0. The van der Waals surface area contributed by atoms with E-state index in [1.807, 2.05) is 0 Å². The molecule has 0 saturated carbocycles. The largest absolute Gasteiger partial charge is 0.357 e. The highest BCUT2D eigenvalue weighted by Gasteiger charge is 2.17. The smallest absolute Gasteiger partial charge is 0.191 e.